The van der Waals surface area contributed by atoms with Crippen molar-refractivity contribution >= 4 is 33.4 Å². The number of hydrogen-bond acceptors (Lipinski definition) is 7. The van der Waals surface area contributed by atoms with Crippen LogP contribution >= 0.6 is 11.6 Å². The third-order valence-electron chi connectivity index (χ3n) is 5.76. The fourth-order valence-electron chi connectivity index (χ4n) is 3.77. The van der Waals surface area contributed by atoms with Crippen molar-refractivity contribution in [1.82, 2.24) is 25.3 Å². The molecule has 0 aliphatic rings. The molecule has 3 N–H and O–H groups in total. The van der Waals surface area contributed by atoms with Gasteiger partial charge in [0.25, 0.3) is 0 Å². The van der Waals surface area contributed by atoms with Crippen LogP contribution < -0.4 is 10.0 Å². The van der Waals surface area contributed by atoms with E-state index in [0.29, 0.717) is 42.3 Å². The molecular weight excluding hydrogens is 547 g/mol. The number of imidazole rings is 1. The Hall–Kier alpha value is -3.25. The zero-order valence-electron chi connectivity index (χ0n) is 22.9. The van der Waals surface area contributed by atoms with E-state index in [9.17, 15) is 13.2 Å². The predicted molar refractivity (Wildman–Crippen MR) is 150 cm³/mol. The standard InChI is InChI=1S/C26H34ClFN6O4S/c1-7-12-39(36,37)34-19-14-16(27)13-17(21(19)28)22-23(33-24(32-22)26(3,4)5)18-10-11-29-20(31-18)9-8-15(2)30-25(35)38-6/h10-11,13-15,34H,7-9,12H2,1-6H3,(H,30,35)(H,32,33)/t15-/m0/s1. The molecule has 0 aliphatic carbocycles. The highest BCUT2D eigenvalue weighted by molar-refractivity contribution is 7.92. The number of aryl methyl sites for hydroxylation is 1. The first-order valence-electron chi connectivity index (χ1n) is 12.5. The van der Waals surface area contributed by atoms with Crippen molar-refractivity contribution in [3.63, 3.8) is 0 Å². The Balaban J connectivity index is 2.06. The molecule has 0 saturated heterocycles. The molecule has 39 heavy (non-hydrogen) atoms. The number of nitrogens with zero attached hydrogens (tertiary/aromatic N) is 3. The van der Waals surface area contributed by atoms with E-state index in [1.165, 1.54) is 19.2 Å². The molecule has 1 atom stereocenters. The van der Waals surface area contributed by atoms with E-state index in [4.69, 9.17) is 16.6 Å². The largest absolute Gasteiger partial charge is 0.453 e. The molecule has 0 spiro atoms. The zero-order valence-corrected chi connectivity index (χ0v) is 24.4. The van der Waals surface area contributed by atoms with Crippen LogP contribution in [0.25, 0.3) is 22.6 Å². The Labute approximate surface area is 233 Å². The highest BCUT2D eigenvalue weighted by atomic mass is 35.5. The molecule has 3 rings (SSSR count). The van der Waals surface area contributed by atoms with Gasteiger partial charge in [0.2, 0.25) is 10.0 Å². The Morgan fingerprint density at radius 2 is 1.97 bits per heavy atom. The van der Waals surface area contributed by atoms with Crippen LogP contribution in [0.3, 0.4) is 0 Å². The Morgan fingerprint density at radius 3 is 2.62 bits per heavy atom. The van der Waals surface area contributed by atoms with Crippen molar-refractivity contribution in [2.45, 2.75) is 65.3 Å². The van der Waals surface area contributed by atoms with Gasteiger partial charge in [-0.2, -0.15) is 0 Å². The van der Waals surface area contributed by atoms with Crippen molar-refractivity contribution < 1.29 is 22.3 Å². The lowest BCUT2D eigenvalue weighted by Crippen LogP contribution is -2.32. The van der Waals surface area contributed by atoms with Crippen LogP contribution in [-0.4, -0.2) is 53.4 Å². The van der Waals surface area contributed by atoms with Gasteiger partial charge in [-0.05, 0) is 38.0 Å². The van der Waals surface area contributed by atoms with Crippen molar-refractivity contribution in [1.29, 1.82) is 0 Å². The number of carbonyl (C=O) groups is 1. The van der Waals surface area contributed by atoms with Crippen LogP contribution in [0.2, 0.25) is 5.02 Å². The molecule has 2 aromatic heterocycles. The maximum Gasteiger partial charge on any atom is 0.407 e. The second kappa shape index (κ2) is 12.3. The molecule has 212 valence electrons. The molecule has 0 saturated carbocycles. The minimum atomic E-state index is -3.76. The molecule has 0 fully saturated rings. The van der Waals surface area contributed by atoms with Gasteiger partial charge in [-0.25, -0.2) is 32.6 Å². The minimum absolute atomic E-state index is 0.0227. The van der Waals surface area contributed by atoms with E-state index in [0.717, 1.165) is 0 Å². The lowest BCUT2D eigenvalue weighted by Gasteiger charge is -2.14. The summed E-state index contributed by atoms with van der Waals surface area (Å²) in [6.07, 6.45) is 2.47. The lowest BCUT2D eigenvalue weighted by atomic mass is 9.96. The van der Waals surface area contributed by atoms with Gasteiger partial charge in [0.05, 0.1) is 29.9 Å². The summed E-state index contributed by atoms with van der Waals surface area (Å²) in [7, 11) is -2.46. The van der Waals surface area contributed by atoms with E-state index in [2.05, 4.69) is 29.7 Å². The summed E-state index contributed by atoms with van der Waals surface area (Å²) in [4.78, 5) is 28.4. The number of benzene rings is 1. The van der Waals surface area contributed by atoms with Gasteiger partial charge in [-0.15, -0.1) is 0 Å². The van der Waals surface area contributed by atoms with Crippen LogP contribution in [0.5, 0.6) is 0 Å². The highest BCUT2D eigenvalue weighted by Crippen LogP contribution is 2.37. The number of anilines is 1. The van der Waals surface area contributed by atoms with Gasteiger partial charge in [-0.3, -0.25) is 4.72 Å². The van der Waals surface area contributed by atoms with Gasteiger partial charge in [0, 0.05) is 34.7 Å². The summed E-state index contributed by atoms with van der Waals surface area (Å²) < 4.78 is 47.5. The van der Waals surface area contributed by atoms with Crippen LogP contribution in [-0.2, 0) is 26.6 Å². The molecule has 1 aromatic carbocycles. The maximum absolute atomic E-state index is 15.8. The second-order valence-corrected chi connectivity index (χ2v) is 12.5. The van der Waals surface area contributed by atoms with Crippen molar-refractivity contribution in [2.75, 3.05) is 17.6 Å². The monoisotopic (exact) mass is 580 g/mol. The number of amides is 1. The SMILES string of the molecule is CCCS(=O)(=O)Nc1cc(Cl)cc(-c2nc(C(C)(C)C)[nH]c2-c2ccnc(CC[C@H](C)NC(=O)OC)n2)c1F. The number of alkyl carbamates (subject to hydrolysis) is 1. The number of hydrogen-bond donors (Lipinski definition) is 3. The zero-order chi connectivity index (χ0) is 29.0. The molecule has 0 bridgehead atoms. The number of halogens is 2. The fourth-order valence-corrected chi connectivity index (χ4v) is 5.11. The number of methoxy groups -OCH3 is 1. The molecule has 1 amide bonds. The quantitative estimate of drug-likeness (QED) is 0.289. The Kier molecular flexibility index (Phi) is 9.55. The summed E-state index contributed by atoms with van der Waals surface area (Å²) in [6, 6.07) is 4.14. The van der Waals surface area contributed by atoms with E-state index >= 15 is 4.39 Å². The average Bonchev–Trinajstić information content (AvgIpc) is 3.30. The van der Waals surface area contributed by atoms with Gasteiger partial charge < -0.3 is 15.0 Å². The number of carbonyl (C=O) groups excluding carboxylic acids is 1. The lowest BCUT2D eigenvalue weighted by molar-refractivity contribution is 0.167. The van der Waals surface area contributed by atoms with Crippen molar-refractivity contribution in [3.05, 3.63) is 46.9 Å². The van der Waals surface area contributed by atoms with Crippen molar-refractivity contribution in [2.24, 2.45) is 0 Å². The predicted octanol–water partition coefficient (Wildman–Crippen LogP) is 5.45. The van der Waals surface area contributed by atoms with E-state index in [1.807, 2.05) is 27.7 Å². The third kappa shape index (κ3) is 7.89. The molecule has 0 unspecified atom stereocenters. The maximum atomic E-state index is 15.8. The number of sulfonamides is 1. The van der Waals surface area contributed by atoms with Gasteiger partial charge >= 0.3 is 6.09 Å². The summed E-state index contributed by atoms with van der Waals surface area (Å²) >= 11 is 6.31. The summed E-state index contributed by atoms with van der Waals surface area (Å²) in [5.74, 6) is 0.136. The molecule has 10 nitrogen and oxygen atoms in total. The first-order chi connectivity index (χ1) is 18.2. The minimum Gasteiger partial charge on any atom is -0.453 e. The number of aromatic amines is 1. The van der Waals surface area contributed by atoms with Gasteiger partial charge in [-0.1, -0.05) is 39.3 Å². The Bertz CT molecular complexity index is 1440. The van der Waals surface area contributed by atoms with Crippen molar-refractivity contribution in [3.8, 4) is 22.6 Å². The molecule has 3 aromatic rings. The fraction of sp³-hybridized carbons (Fsp3) is 0.462. The number of ether oxygens (including phenoxy) is 1. The first-order valence-corrected chi connectivity index (χ1v) is 14.5. The third-order valence-corrected chi connectivity index (χ3v) is 7.45. The average molecular weight is 581 g/mol. The van der Waals surface area contributed by atoms with Crippen LogP contribution in [0.15, 0.2) is 24.4 Å². The van der Waals surface area contributed by atoms with E-state index < -0.39 is 27.3 Å². The normalized spacial score (nSPS) is 12.7. The van der Waals surface area contributed by atoms with Crippen LogP contribution in [0.4, 0.5) is 14.9 Å². The van der Waals surface area contributed by atoms with E-state index in [1.54, 1.807) is 19.2 Å². The first kappa shape index (κ1) is 30.3. The summed E-state index contributed by atoms with van der Waals surface area (Å²) in [5.41, 5.74) is 0.494. The Morgan fingerprint density at radius 1 is 1.26 bits per heavy atom. The molecule has 0 radical (unpaired) electrons. The van der Waals surface area contributed by atoms with E-state index in [-0.39, 0.29) is 33.8 Å². The summed E-state index contributed by atoms with van der Waals surface area (Å²) in [5, 5.41) is 2.84. The molecule has 13 heteroatoms. The highest BCUT2D eigenvalue weighted by Gasteiger charge is 2.26. The number of aromatic nitrogens is 4. The second-order valence-electron chi connectivity index (χ2n) is 10.2. The smallest absolute Gasteiger partial charge is 0.407 e. The molecule has 2 heterocycles. The summed E-state index contributed by atoms with van der Waals surface area (Å²) in [6.45, 7) is 9.43. The topological polar surface area (TPSA) is 139 Å². The van der Waals surface area contributed by atoms with Gasteiger partial charge in [0.15, 0.2) is 5.82 Å². The number of rotatable bonds is 10. The molecule has 0 aliphatic heterocycles. The van der Waals surface area contributed by atoms with Crippen LogP contribution in [0.1, 0.15) is 59.1 Å². The van der Waals surface area contributed by atoms with Crippen LogP contribution in [0, 0.1) is 5.82 Å². The molecular formula is C26H34ClFN6O4S. The number of H-pyrrole nitrogens is 1. The van der Waals surface area contributed by atoms with Gasteiger partial charge in [0.1, 0.15) is 17.3 Å². The number of nitrogens with one attached hydrogen (secondary N) is 3.